The van der Waals surface area contributed by atoms with Gasteiger partial charge in [-0.25, -0.2) is 4.98 Å². The van der Waals surface area contributed by atoms with Gasteiger partial charge in [0.05, 0.1) is 5.01 Å². The topological polar surface area (TPSA) is 12.9 Å². The predicted octanol–water partition coefficient (Wildman–Crippen LogP) is 5.17. The number of aromatic nitrogens is 1. The Labute approximate surface area is 104 Å². The number of nitrogens with zero attached hydrogens (tertiary/aromatic N) is 1. The summed E-state index contributed by atoms with van der Waals surface area (Å²) in [7, 11) is 0. The van der Waals surface area contributed by atoms with Gasteiger partial charge in [0.2, 0.25) is 0 Å². The molecule has 0 aliphatic rings. The summed E-state index contributed by atoms with van der Waals surface area (Å²) < 4.78 is 0. The molecule has 2 heteroatoms. The summed E-state index contributed by atoms with van der Waals surface area (Å²) in [6.45, 7) is 6.94. The first-order valence-corrected chi connectivity index (χ1v) is 7.51. The van der Waals surface area contributed by atoms with E-state index in [1.165, 1.54) is 50.0 Å². The van der Waals surface area contributed by atoms with E-state index in [0.29, 0.717) is 5.41 Å². The van der Waals surface area contributed by atoms with Crippen LogP contribution in [-0.4, -0.2) is 4.98 Å². The Kier molecular flexibility index (Phi) is 6.04. The molecule has 0 fully saturated rings. The van der Waals surface area contributed by atoms with E-state index in [2.05, 4.69) is 31.1 Å². The molecule has 1 rings (SSSR count). The highest BCUT2D eigenvalue weighted by molar-refractivity contribution is 7.09. The molecule has 16 heavy (non-hydrogen) atoms. The average Bonchev–Trinajstić information content (AvgIpc) is 2.81. The van der Waals surface area contributed by atoms with E-state index in [1.807, 2.05) is 17.5 Å². The molecule has 92 valence electrons. The average molecular weight is 239 g/mol. The van der Waals surface area contributed by atoms with Gasteiger partial charge in [-0.1, -0.05) is 52.9 Å². The van der Waals surface area contributed by atoms with Crippen LogP contribution in [0.1, 0.15) is 70.7 Å². The SMILES string of the molecule is CCCCCC(C)(CCCC)c1nccs1. The van der Waals surface area contributed by atoms with Crippen molar-refractivity contribution in [3.8, 4) is 0 Å². The summed E-state index contributed by atoms with van der Waals surface area (Å²) in [5.74, 6) is 0. The van der Waals surface area contributed by atoms with E-state index in [0.717, 1.165) is 0 Å². The molecule has 1 aromatic rings. The molecule has 1 nitrogen and oxygen atoms in total. The maximum atomic E-state index is 4.54. The first-order chi connectivity index (χ1) is 7.73. The van der Waals surface area contributed by atoms with Gasteiger partial charge >= 0.3 is 0 Å². The van der Waals surface area contributed by atoms with Gasteiger partial charge in [-0.15, -0.1) is 11.3 Å². The van der Waals surface area contributed by atoms with E-state index in [4.69, 9.17) is 0 Å². The molecule has 0 aliphatic carbocycles. The zero-order valence-electron chi connectivity index (χ0n) is 11.0. The van der Waals surface area contributed by atoms with Crippen molar-refractivity contribution in [1.29, 1.82) is 0 Å². The zero-order valence-corrected chi connectivity index (χ0v) is 11.8. The van der Waals surface area contributed by atoms with E-state index in [9.17, 15) is 0 Å². The lowest BCUT2D eigenvalue weighted by Gasteiger charge is -2.27. The smallest absolute Gasteiger partial charge is 0.0983 e. The van der Waals surface area contributed by atoms with Crippen molar-refractivity contribution >= 4 is 11.3 Å². The molecule has 0 aromatic carbocycles. The van der Waals surface area contributed by atoms with Gasteiger partial charge < -0.3 is 0 Å². The normalized spacial score (nSPS) is 14.9. The van der Waals surface area contributed by atoms with Crippen molar-refractivity contribution in [3.63, 3.8) is 0 Å². The fourth-order valence-corrected chi connectivity index (χ4v) is 3.05. The highest BCUT2D eigenvalue weighted by Gasteiger charge is 2.27. The molecule has 0 saturated heterocycles. The van der Waals surface area contributed by atoms with E-state index in [-0.39, 0.29) is 0 Å². The van der Waals surface area contributed by atoms with Crippen molar-refractivity contribution in [2.45, 2.75) is 71.1 Å². The van der Waals surface area contributed by atoms with Crippen LogP contribution >= 0.6 is 11.3 Å². The quantitative estimate of drug-likeness (QED) is 0.570. The first kappa shape index (κ1) is 13.7. The summed E-state index contributed by atoms with van der Waals surface area (Å²) in [4.78, 5) is 4.54. The van der Waals surface area contributed by atoms with Gasteiger partial charge in [0, 0.05) is 17.0 Å². The molecule has 0 N–H and O–H groups in total. The second-order valence-corrected chi connectivity index (χ2v) is 5.85. The maximum Gasteiger partial charge on any atom is 0.0983 e. The van der Waals surface area contributed by atoms with E-state index >= 15 is 0 Å². The fraction of sp³-hybridized carbons (Fsp3) is 0.786. The fourth-order valence-electron chi connectivity index (χ4n) is 2.19. The Morgan fingerprint density at radius 1 is 1.12 bits per heavy atom. The molecule has 0 saturated carbocycles. The van der Waals surface area contributed by atoms with Crippen LogP contribution in [0.25, 0.3) is 0 Å². The van der Waals surface area contributed by atoms with Crippen LogP contribution in [0.15, 0.2) is 11.6 Å². The van der Waals surface area contributed by atoms with Crippen molar-refractivity contribution in [1.82, 2.24) is 4.98 Å². The number of hydrogen-bond donors (Lipinski definition) is 0. The molecule has 1 heterocycles. The summed E-state index contributed by atoms with van der Waals surface area (Å²) in [6.07, 6.45) is 11.2. The highest BCUT2D eigenvalue weighted by atomic mass is 32.1. The van der Waals surface area contributed by atoms with Crippen LogP contribution in [0.4, 0.5) is 0 Å². The van der Waals surface area contributed by atoms with E-state index < -0.39 is 0 Å². The van der Waals surface area contributed by atoms with Crippen LogP contribution in [-0.2, 0) is 5.41 Å². The predicted molar refractivity (Wildman–Crippen MR) is 73.1 cm³/mol. The summed E-state index contributed by atoms with van der Waals surface area (Å²) in [5.41, 5.74) is 0.333. The molecule has 0 aliphatic heterocycles. The molecule has 1 atom stereocenters. The Morgan fingerprint density at radius 3 is 2.38 bits per heavy atom. The van der Waals surface area contributed by atoms with Gasteiger partial charge in [0.15, 0.2) is 0 Å². The molecular formula is C14H25NS. The highest BCUT2D eigenvalue weighted by Crippen LogP contribution is 2.36. The van der Waals surface area contributed by atoms with Crippen molar-refractivity contribution in [3.05, 3.63) is 16.6 Å². The van der Waals surface area contributed by atoms with Crippen molar-refractivity contribution < 1.29 is 0 Å². The monoisotopic (exact) mass is 239 g/mol. The van der Waals surface area contributed by atoms with Crippen molar-refractivity contribution in [2.75, 3.05) is 0 Å². The lowest BCUT2D eigenvalue weighted by molar-refractivity contribution is 0.369. The summed E-state index contributed by atoms with van der Waals surface area (Å²) in [6, 6.07) is 0. The molecule has 0 radical (unpaired) electrons. The second kappa shape index (κ2) is 7.05. The zero-order chi connectivity index (χ0) is 11.9. The Bertz CT molecular complexity index is 268. The van der Waals surface area contributed by atoms with Crippen LogP contribution in [0, 0.1) is 0 Å². The lowest BCUT2D eigenvalue weighted by Crippen LogP contribution is -2.21. The third-order valence-electron chi connectivity index (χ3n) is 3.36. The largest absolute Gasteiger partial charge is 0.249 e. The Morgan fingerprint density at radius 2 is 1.81 bits per heavy atom. The summed E-state index contributed by atoms with van der Waals surface area (Å²) >= 11 is 1.83. The van der Waals surface area contributed by atoms with Gasteiger partial charge in [0.25, 0.3) is 0 Å². The lowest BCUT2D eigenvalue weighted by atomic mass is 9.80. The van der Waals surface area contributed by atoms with E-state index in [1.54, 1.807) is 0 Å². The van der Waals surface area contributed by atoms with Crippen molar-refractivity contribution in [2.24, 2.45) is 0 Å². The third kappa shape index (κ3) is 3.89. The molecular weight excluding hydrogens is 214 g/mol. The Balaban J connectivity index is 2.60. The molecule has 0 bridgehead atoms. The first-order valence-electron chi connectivity index (χ1n) is 6.63. The molecule has 1 aromatic heterocycles. The standard InChI is InChI=1S/C14H25NS/c1-4-6-8-10-14(3,9-7-5-2)13-15-11-12-16-13/h11-12H,4-10H2,1-3H3. The second-order valence-electron chi connectivity index (χ2n) is 4.96. The molecule has 0 spiro atoms. The third-order valence-corrected chi connectivity index (χ3v) is 4.44. The summed E-state index contributed by atoms with van der Waals surface area (Å²) in [5, 5.41) is 3.45. The van der Waals surface area contributed by atoms with Crippen LogP contribution in [0.3, 0.4) is 0 Å². The number of rotatable bonds is 8. The van der Waals surface area contributed by atoms with Gasteiger partial charge in [-0.3, -0.25) is 0 Å². The van der Waals surface area contributed by atoms with Gasteiger partial charge in [-0.05, 0) is 12.8 Å². The Hall–Kier alpha value is -0.370. The maximum absolute atomic E-state index is 4.54. The minimum absolute atomic E-state index is 0.333. The number of hydrogen-bond acceptors (Lipinski definition) is 2. The van der Waals surface area contributed by atoms with Crippen LogP contribution in [0.5, 0.6) is 0 Å². The van der Waals surface area contributed by atoms with Crippen LogP contribution < -0.4 is 0 Å². The van der Waals surface area contributed by atoms with Gasteiger partial charge in [0.1, 0.15) is 0 Å². The number of unbranched alkanes of at least 4 members (excludes halogenated alkanes) is 3. The molecule has 1 unspecified atom stereocenters. The van der Waals surface area contributed by atoms with Crippen LogP contribution in [0.2, 0.25) is 0 Å². The minimum atomic E-state index is 0.333. The molecule has 0 amide bonds. The van der Waals surface area contributed by atoms with Gasteiger partial charge in [-0.2, -0.15) is 0 Å². The number of thiazole rings is 1. The minimum Gasteiger partial charge on any atom is -0.249 e.